The fourth-order valence-electron chi connectivity index (χ4n) is 1.72. The Labute approximate surface area is 119 Å². The van der Waals surface area contributed by atoms with E-state index in [-0.39, 0.29) is 11.1 Å². The fraction of sp³-hybridized carbons (Fsp3) is 0. The number of hydrogen-bond donors (Lipinski definition) is 2. The van der Waals surface area contributed by atoms with Gasteiger partial charge in [0, 0.05) is 24.0 Å². The van der Waals surface area contributed by atoms with Crippen LogP contribution in [0.5, 0.6) is 11.5 Å². The van der Waals surface area contributed by atoms with E-state index in [1.807, 2.05) is 6.07 Å². The van der Waals surface area contributed by atoms with Crippen molar-refractivity contribution >= 4 is 17.3 Å². The molecule has 0 atom stereocenters. The molecule has 0 unspecified atom stereocenters. The van der Waals surface area contributed by atoms with E-state index in [0.717, 1.165) is 12.1 Å². The van der Waals surface area contributed by atoms with Crippen LogP contribution < -0.4 is 0 Å². The molecule has 2 aromatic rings. The van der Waals surface area contributed by atoms with E-state index in [1.54, 1.807) is 18.3 Å². The molecule has 0 saturated heterocycles. The average molecular weight is 283 g/mol. The molecule has 104 valence electrons. The Kier molecular flexibility index (Phi) is 3.81. The molecule has 21 heavy (non-hydrogen) atoms. The number of nitrogens with zero attached hydrogens (tertiary/aromatic N) is 3. The van der Waals surface area contributed by atoms with Gasteiger partial charge in [-0.15, -0.1) is 0 Å². The zero-order valence-electron chi connectivity index (χ0n) is 10.6. The standard InChI is InChI=1S/C14H9N3O4/c15-7-11(10-2-1-3-16-8-10)4-9-5-12(17(20)21)14(19)13(18)6-9/h1-6,8,18-19H/b11-4-. The number of pyridine rings is 1. The van der Waals surface area contributed by atoms with Gasteiger partial charge in [0.05, 0.1) is 16.6 Å². The maximum absolute atomic E-state index is 10.8. The van der Waals surface area contributed by atoms with Crippen LogP contribution >= 0.6 is 0 Å². The lowest BCUT2D eigenvalue weighted by molar-refractivity contribution is -0.386. The van der Waals surface area contributed by atoms with Crippen molar-refractivity contribution in [1.82, 2.24) is 4.98 Å². The van der Waals surface area contributed by atoms with Gasteiger partial charge in [-0.1, -0.05) is 6.07 Å². The third-order valence-electron chi connectivity index (χ3n) is 2.69. The summed E-state index contributed by atoms with van der Waals surface area (Å²) in [7, 11) is 0. The molecule has 0 aliphatic carbocycles. The Hall–Kier alpha value is -3.40. The molecule has 0 aliphatic heterocycles. The Morgan fingerprint density at radius 3 is 2.76 bits per heavy atom. The molecule has 0 spiro atoms. The van der Waals surface area contributed by atoms with E-state index >= 15 is 0 Å². The molecular weight excluding hydrogens is 274 g/mol. The predicted octanol–water partition coefficient (Wildman–Crippen LogP) is 2.47. The summed E-state index contributed by atoms with van der Waals surface area (Å²) >= 11 is 0. The van der Waals surface area contributed by atoms with Crippen molar-refractivity contribution < 1.29 is 15.1 Å². The van der Waals surface area contributed by atoms with Gasteiger partial charge in [0.25, 0.3) is 0 Å². The number of nitro benzene ring substituents is 1. The zero-order chi connectivity index (χ0) is 15.4. The van der Waals surface area contributed by atoms with Crippen LogP contribution in [0, 0.1) is 21.4 Å². The van der Waals surface area contributed by atoms with Crippen LogP contribution in [0.25, 0.3) is 11.6 Å². The van der Waals surface area contributed by atoms with Crippen molar-refractivity contribution in [3.05, 3.63) is 57.9 Å². The van der Waals surface area contributed by atoms with E-state index in [2.05, 4.69) is 4.98 Å². The molecule has 0 fully saturated rings. The van der Waals surface area contributed by atoms with Crippen molar-refractivity contribution in [2.75, 3.05) is 0 Å². The molecule has 1 aromatic heterocycles. The summed E-state index contributed by atoms with van der Waals surface area (Å²) in [5.74, 6) is -1.43. The molecule has 0 saturated carbocycles. The number of allylic oxidation sites excluding steroid dienone is 1. The number of nitriles is 1. The summed E-state index contributed by atoms with van der Waals surface area (Å²) in [6.07, 6.45) is 4.39. The molecule has 1 aromatic carbocycles. The van der Waals surface area contributed by atoms with Crippen LogP contribution in [0.3, 0.4) is 0 Å². The lowest BCUT2D eigenvalue weighted by atomic mass is 10.0. The van der Waals surface area contributed by atoms with Gasteiger partial charge in [-0.2, -0.15) is 5.26 Å². The van der Waals surface area contributed by atoms with Crippen molar-refractivity contribution in [1.29, 1.82) is 5.26 Å². The van der Waals surface area contributed by atoms with Gasteiger partial charge in [-0.25, -0.2) is 0 Å². The summed E-state index contributed by atoms with van der Waals surface area (Å²) < 4.78 is 0. The molecule has 7 heteroatoms. The number of phenolic OH excluding ortho intramolecular Hbond substituents is 2. The Bertz CT molecular complexity index is 764. The van der Waals surface area contributed by atoms with Gasteiger partial charge >= 0.3 is 5.69 Å². The molecule has 1 heterocycles. The second-order valence-corrected chi connectivity index (χ2v) is 4.08. The normalized spacial score (nSPS) is 10.9. The molecule has 0 aliphatic rings. The van der Waals surface area contributed by atoms with Crippen molar-refractivity contribution in [2.24, 2.45) is 0 Å². The number of nitro groups is 1. The third kappa shape index (κ3) is 2.96. The Morgan fingerprint density at radius 1 is 1.43 bits per heavy atom. The number of rotatable bonds is 3. The topological polar surface area (TPSA) is 120 Å². The number of aromatic nitrogens is 1. The van der Waals surface area contributed by atoms with E-state index in [9.17, 15) is 20.3 Å². The smallest absolute Gasteiger partial charge is 0.315 e. The van der Waals surface area contributed by atoms with Gasteiger partial charge in [0.2, 0.25) is 5.75 Å². The number of hydrogen-bond acceptors (Lipinski definition) is 6. The first kappa shape index (κ1) is 14.0. The van der Waals surface area contributed by atoms with Crippen LogP contribution in [-0.2, 0) is 0 Å². The van der Waals surface area contributed by atoms with Crippen LogP contribution in [-0.4, -0.2) is 20.1 Å². The number of aromatic hydroxyl groups is 2. The highest BCUT2D eigenvalue weighted by atomic mass is 16.6. The minimum Gasteiger partial charge on any atom is -0.504 e. The first-order chi connectivity index (χ1) is 10.0. The van der Waals surface area contributed by atoms with Gasteiger partial charge in [0.1, 0.15) is 0 Å². The van der Waals surface area contributed by atoms with E-state index in [0.29, 0.717) is 5.56 Å². The minimum atomic E-state index is -0.817. The Morgan fingerprint density at radius 2 is 2.19 bits per heavy atom. The molecule has 7 nitrogen and oxygen atoms in total. The fourth-order valence-corrected chi connectivity index (χ4v) is 1.72. The van der Waals surface area contributed by atoms with Gasteiger partial charge < -0.3 is 10.2 Å². The summed E-state index contributed by atoms with van der Waals surface area (Å²) in [6.45, 7) is 0. The number of benzene rings is 1. The van der Waals surface area contributed by atoms with Gasteiger partial charge in [0.15, 0.2) is 5.75 Å². The van der Waals surface area contributed by atoms with E-state index in [1.165, 1.54) is 12.3 Å². The van der Waals surface area contributed by atoms with Crippen molar-refractivity contribution in [2.45, 2.75) is 0 Å². The maximum atomic E-state index is 10.8. The predicted molar refractivity (Wildman–Crippen MR) is 74.1 cm³/mol. The second kappa shape index (κ2) is 5.71. The minimum absolute atomic E-state index is 0.220. The molecule has 2 N–H and O–H groups in total. The lowest BCUT2D eigenvalue weighted by Gasteiger charge is -2.02. The Balaban J connectivity index is 2.54. The lowest BCUT2D eigenvalue weighted by Crippen LogP contribution is -1.90. The van der Waals surface area contributed by atoms with Gasteiger partial charge in [-0.05, 0) is 23.8 Å². The van der Waals surface area contributed by atoms with Crippen LogP contribution in [0.4, 0.5) is 5.69 Å². The zero-order valence-corrected chi connectivity index (χ0v) is 10.6. The van der Waals surface area contributed by atoms with Crippen LogP contribution in [0.15, 0.2) is 36.7 Å². The third-order valence-corrected chi connectivity index (χ3v) is 2.69. The van der Waals surface area contributed by atoms with Crippen LogP contribution in [0.2, 0.25) is 0 Å². The highest BCUT2D eigenvalue weighted by Crippen LogP contribution is 2.36. The largest absolute Gasteiger partial charge is 0.504 e. The van der Waals surface area contributed by atoms with E-state index in [4.69, 9.17) is 5.26 Å². The summed E-state index contributed by atoms with van der Waals surface area (Å²) in [4.78, 5) is 13.9. The molecule has 0 bridgehead atoms. The molecule has 0 radical (unpaired) electrons. The average Bonchev–Trinajstić information content (AvgIpc) is 2.48. The maximum Gasteiger partial charge on any atom is 0.315 e. The van der Waals surface area contributed by atoms with Crippen molar-refractivity contribution in [3.8, 4) is 17.6 Å². The van der Waals surface area contributed by atoms with Gasteiger partial charge in [-0.3, -0.25) is 15.1 Å². The highest BCUT2D eigenvalue weighted by molar-refractivity contribution is 5.90. The molecular formula is C14H9N3O4. The van der Waals surface area contributed by atoms with Crippen molar-refractivity contribution in [3.63, 3.8) is 0 Å². The second-order valence-electron chi connectivity index (χ2n) is 4.08. The highest BCUT2D eigenvalue weighted by Gasteiger charge is 2.18. The molecule has 0 amide bonds. The number of phenols is 2. The first-order valence-corrected chi connectivity index (χ1v) is 5.75. The summed E-state index contributed by atoms with van der Waals surface area (Å²) in [6, 6.07) is 7.48. The van der Waals surface area contributed by atoms with Crippen LogP contribution in [0.1, 0.15) is 11.1 Å². The molecule has 2 rings (SSSR count). The summed E-state index contributed by atoms with van der Waals surface area (Å²) in [5.41, 5.74) is 0.347. The first-order valence-electron chi connectivity index (χ1n) is 5.75. The SMILES string of the molecule is N#C/C(=C/c1cc(O)c(O)c([N+](=O)[O-])c1)c1cccnc1. The quantitative estimate of drug-likeness (QED) is 0.386. The summed E-state index contributed by atoms with van der Waals surface area (Å²) in [5, 5.41) is 38.9. The van der Waals surface area contributed by atoms with E-state index < -0.39 is 22.1 Å². The monoisotopic (exact) mass is 283 g/mol.